The standard InChI is InChI=1S/C16H17ClN2O4/c1-10(16(21)22-3)9-19(2)15(20)14-8-13(18-23-14)11-5-4-6-12(17)7-11/h4-8,10H,9H2,1-3H3/t10-/m0/s1. The molecule has 0 saturated carbocycles. The van der Waals surface area contributed by atoms with Crippen LogP contribution in [0.25, 0.3) is 11.3 Å². The fourth-order valence-corrected chi connectivity index (χ4v) is 2.31. The summed E-state index contributed by atoms with van der Waals surface area (Å²) in [5.74, 6) is -1.06. The van der Waals surface area contributed by atoms with Crippen molar-refractivity contribution < 1.29 is 18.8 Å². The van der Waals surface area contributed by atoms with E-state index < -0.39 is 5.92 Å². The molecule has 2 rings (SSSR count). The molecule has 23 heavy (non-hydrogen) atoms. The van der Waals surface area contributed by atoms with Gasteiger partial charge in [-0.1, -0.05) is 35.8 Å². The molecule has 0 N–H and O–H groups in total. The van der Waals surface area contributed by atoms with Crippen LogP contribution in [0.3, 0.4) is 0 Å². The summed E-state index contributed by atoms with van der Waals surface area (Å²) in [6, 6.07) is 8.64. The van der Waals surface area contributed by atoms with E-state index >= 15 is 0 Å². The van der Waals surface area contributed by atoms with Gasteiger partial charge in [-0.2, -0.15) is 0 Å². The monoisotopic (exact) mass is 336 g/mol. The number of aromatic nitrogens is 1. The fourth-order valence-electron chi connectivity index (χ4n) is 2.12. The number of hydrogen-bond donors (Lipinski definition) is 0. The molecule has 0 saturated heterocycles. The number of carbonyl (C=O) groups excluding carboxylic acids is 2. The molecule has 1 heterocycles. The molecule has 0 aliphatic heterocycles. The highest BCUT2D eigenvalue weighted by atomic mass is 35.5. The molecule has 0 unspecified atom stereocenters. The summed E-state index contributed by atoms with van der Waals surface area (Å²) in [7, 11) is 2.90. The van der Waals surface area contributed by atoms with Crippen LogP contribution in [0.4, 0.5) is 0 Å². The highest BCUT2D eigenvalue weighted by molar-refractivity contribution is 6.30. The minimum atomic E-state index is -0.427. The molecule has 6 nitrogen and oxygen atoms in total. The molecule has 0 aliphatic carbocycles. The minimum Gasteiger partial charge on any atom is -0.469 e. The largest absolute Gasteiger partial charge is 0.469 e. The van der Waals surface area contributed by atoms with Gasteiger partial charge in [0, 0.05) is 30.2 Å². The Morgan fingerprint density at radius 3 is 2.78 bits per heavy atom. The molecule has 0 aliphatic rings. The quantitative estimate of drug-likeness (QED) is 0.785. The normalized spacial score (nSPS) is 11.8. The number of methoxy groups -OCH3 is 1. The first kappa shape index (κ1) is 17.0. The zero-order valence-corrected chi connectivity index (χ0v) is 13.8. The lowest BCUT2D eigenvalue weighted by Crippen LogP contribution is -2.34. The summed E-state index contributed by atoms with van der Waals surface area (Å²) in [5, 5.41) is 4.46. The molecule has 0 fully saturated rings. The summed E-state index contributed by atoms with van der Waals surface area (Å²) in [6.07, 6.45) is 0. The first-order valence-corrected chi connectivity index (χ1v) is 7.36. The van der Waals surface area contributed by atoms with E-state index in [9.17, 15) is 9.59 Å². The minimum absolute atomic E-state index is 0.0968. The lowest BCUT2D eigenvalue weighted by Gasteiger charge is -2.18. The third-order valence-electron chi connectivity index (χ3n) is 3.34. The van der Waals surface area contributed by atoms with Crippen LogP contribution in [0.2, 0.25) is 5.02 Å². The zero-order valence-electron chi connectivity index (χ0n) is 13.1. The first-order chi connectivity index (χ1) is 10.9. The van der Waals surface area contributed by atoms with Crippen LogP contribution < -0.4 is 0 Å². The maximum absolute atomic E-state index is 12.3. The third-order valence-corrected chi connectivity index (χ3v) is 3.57. The van der Waals surface area contributed by atoms with E-state index in [1.165, 1.54) is 12.0 Å². The van der Waals surface area contributed by atoms with E-state index in [0.29, 0.717) is 10.7 Å². The smallest absolute Gasteiger partial charge is 0.310 e. The van der Waals surface area contributed by atoms with Crippen molar-refractivity contribution in [2.75, 3.05) is 20.7 Å². The summed E-state index contributed by atoms with van der Waals surface area (Å²) in [4.78, 5) is 25.1. The maximum atomic E-state index is 12.3. The van der Waals surface area contributed by atoms with Gasteiger partial charge in [-0.3, -0.25) is 9.59 Å². The van der Waals surface area contributed by atoms with Crippen molar-refractivity contribution in [3.63, 3.8) is 0 Å². The zero-order chi connectivity index (χ0) is 17.0. The number of nitrogens with zero attached hydrogens (tertiary/aromatic N) is 2. The molecule has 0 bridgehead atoms. The average Bonchev–Trinajstić information content (AvgIpc) is 3.03. The van der Waals surface area contributed by atoms with Crippen molar-refractivity contribution in [2.24, 2.45) is 5.92 Å². The van der Waals surface area contributed by atoms with E-state index in [-0.39, 0.29) is 24.2 Å². The molecular formula is C16H17ClN2O4. The van der Waals surface area contributed by atoms with Gasteiger partial charge in [0.05, 0.1) is 13.0 Å². The number of rotatable bonds is 5. The van der Waals surface area contributed by atoms with Gasteiger partial charge in [-0.05, 0) is 12.1 Å². The van der Waals surface area contributed by atoms with Crippen molar-refractivity contribution in [2.45, 2.75) is 6.92 Å². The number of ether oxygens (including phenoxy) is 1. The first-order valence-electron chi connectivity index (χ1n) is 6.98. The SMILES string of the molecule is COC(=O)[C@@H](C)CN(C)C(=O)c1cc(-c2cccc(Cl)c2)no1. The Morgan fingerprint density at radius 2 is 2.13 bits per heavy atom. The molecule has 0 radical (unpaired) electrons. The van der Waals surface area contributed by atoms with Crippen LogP contribution in [0.1, 0.15) is 17.5 Å². The van der Waals surface area contributed by atoms with Crippen molar-refractivity contribution in [1.82, 2.24) is 10.1 Å². The van der Waals surface area contributed by atoms with Gasteiger partial charge < -0.3 is 14.2 Å². The number of amides is 1. The Labute approximate surface area is 139 Å². The molecule has 7 heteroatoms. The van der Waals surface area contributed by atoms with Crippen molar-refractivity contribution >= 4 is 23.5 Å². The lowest BCUT2D eigenvalue weighted by molar-refractivity contribution is -0.145. The molecule has 1 aromatic carbocycles. The van der Waals surface area contributed by atoms with Crippen molar-refractivity contribution in [3.05, 3.63) is 41.1 Å². The second kappa shape index (κ2) is 7.28. The number of halogens is 1. The summed E-state index contributed by atoms with van der Waals surface area (Å²) in [6.45, 7) is 1.91. The van der Waals surface area contributed by atoms with E-state index in [1.54, 1.807) is 38.2 Å². The van der Waals surface area contributed by atoms with E-state index in [2.05, 4.69) is 9.89 Å². The number of carbonyl (C=O) groups is 2. The van der Waals surface area contributed by atoms with Gasteiger partial charge >= 0.3 is 5.97 Å². The highest BCUT2D eigenvalue weighted by Crippen LogP contribution is 2.23. The molecule has 1 atom stereocenters. The van der Waals surface area contributed by atoms with Gasteiger partial charge in [-0.15, -0.1) is 0 Å². The Hall–Kier alpha value is -2.34. The molecule has 1 aromatic heterocycles. The fraction of sp³-hybridized carbons (Fsp3) is 0.312. The Kier molecular flexibility index (Phi) is 5.39. The van der Waals surface area contributed by atoms with E-state index in [4.69, 9.17) is 16.1 Å². The van der Waals surface area contributed by atoms with Crippen LogP contribution in [0, 0.1) is 5.92 Å². The van der Waals surface area contributed by atoms with Crippen LogP contribution in [-0.4, -0.2) is 42.6 Å². The molecule has 122 valence electrons. The predicted octanol–water partition coefficient (Wildman–Crippen LogP) is 2.88. The number of benzene rings is 1. The maximum Gasteiger partial charge on any atom is 0.310 e. The second-order valence-corrected chi connectivity index (χ2v) is 5.63. The van der Waals surface area contributed by atoms with Crippen molar-refractivity contribution in [1.29, 1.82) is 0 Å². The summed E-state index contributed by atoms with van der Waals surface area (Å²) in [5.41, 5.74) is 1.27. The third kappa shape index (κ3) is 4.10. The Bertz CT molecular complexity index is 714. The molecular weight excluding hydrogens is 320 g/mol. The Morgan fingerprint density at radius 1 is 1.39 bits per heavy atom. The molecule has 2 aromatic rings. The van der Waals surface area contributed by atoms with Gasteiger partial charge in [0.1, 0.15) is 5.69 Å². The van der Waals surface area contributed by atoms with E-state index in [0.717, 1.165) is 5.56 Å². The molecule has 1 amide bonds. The van der Waals surface area contributed by atoms with Gasteiger partial charge in [-0.25, -0.2) is 0 Å². The number of esters is 1. The van der Waals surface area contributed by atoms with Crippen LogP contribution in [-0.2, 0) is 9.53 Å². The van der Waals surface area contributed by atoms with Crippen molar-refractivity contribution in [3.8, 4) is 11.3 Å². The summed E-state index contributed by atoms with van der Waals surface area (Å²) < 4.78 is 9.76. The highest BCUT2D eigenvalue weighted by Gasteiger charge is 2.22. The average molecular weight is 337 g/mol. The summed E-state index contributed by atoms with van der Waals surface area (Å²) >= 11 is 5.94. The van der Waals surface area contributed by atoms with Crippen LogP contribution in [0.15, 0.2) is 34.9 Å². The van der Waals surface area contributed by atoms with E-state index in [1.807, 2.05) is 6.07 Å². The van der Waals surface area contributed by atoms with Crippen LogP contribution >= 0.6 is 11.6 Å². The number of hydrogen-bond acceptors (Lipinski definition) is 5. The topological polar surface area (TPSA) is 72.6 Å². The van der Waals surface area contributed by atoms with Gasteiger partial charge in [0.2, 0.25) is 5.76 Å². The predicted molar refractivity (Wildman–Crippen MR) is 85.1 cm³/mol. The van der Waals surface area contributed by atoms with Gasteiger partial charge in [0.25, 0.3) is 5.91 Å². The molecule has 0 spiro atoms. The lowest BCUT2D eigenvalue weighted by atomic mass is 10.1. The second-order valence-electron chi connectivity index (χ2n) is 5.20. The van der Waals surface area contributed by atoms with Crippen LogP contribution in [0.5, 0.6) is 0 Å². The Balaban J connectivity index is 2.10. The van der Waals surface area contributed by atoms with Gasteiger partial charge in [0.15, 0.2) is 0 Å².